The summed E-state index contributed by atoms with van der Waals surface area (Å²) in [4.78, 5) is 8.43. The lowest BCUT2D eigenvalue weighted by Crippen LogP contribution is -1.93. The smallest absolute Gasteiger partial charge is 0.176 e. The van der Waals surface area contributed by atoms with Gasteiger partial charge in [-0.05, 0) is 29.4 Å². The highest BCUT2D eigenvalue weighted by Crippen LogP contribution is 2.35. The summed E-state index contributed by atoms with van der Waals surface area (Å²) < 4.78 is 4.97. The second kappa shape index (κ2) is 5.39. The summed E-state index contributed by atoms with van der Waals surface area (Å²) in [5.41, 5.74) is 5.63. The summed E-state index contributed by atoms with van der Waals surface area (Å²) in [6, 6.07) is 1.58. The maximum Gasteiger partial charge on any atom is 0.176 e. The number of aryl methyl sites for hydroxylation is 1. The molecular formula is C9H8Cl2N4S2. The number of rotatable bonds is 3. The molecule has 17 heavy (non-hydrogen) atoms. The fraction of sp³-hybridized carbons (Fsp3) is 0.222. The van der Waals surface area contributed by atoms with Crippen molar-refractivity contribution in [3.05, 3.63) is 21.9 Å². The third-order valence-electron chi connectivity index (χ3n) is 1.87. The van der Waals surface area contributed by atoms with Crippen molar-refractivity contribution in [3.8, 4) is 0 Å². The first kappa shape index (κ1) is 12.9. The van der Waals surface area contributed by atoms with Crippen LogP contribution in [0.4, 0.5) is 5.82 Å². The molecule has 2 heterocycles. The molecule has 0 unspecified atom stereocenters. The van der Waals surface area contributed by atoms with Gasteiger partial charge in [-0.15, -0.1) is 0 Å². The highest BCUT2D eigenvalue weighted by molar-refractivity contribution is 8.01. The van der Waals surface area contributed by atoms with Crippen LogP contribution in [0.25, 0.3) is 0 Å². The van der Waals surface area contributed by atoms with Gasteiger partial charge >= 0.3 is 0 Å². The Bertz CT molecular complexity index is 544. The van der Waals surface area contributed by atoms with Crippen LogP contribution in [0, 0.1) is 0 Å². The molecule has 2 aromatic heterocycles. The van der Waals surface area contributed by atoms with Crippen molar-refractivity contribution in [2.24, 2.45) is 0 Å². The number of aromatic nitrogens is 3. The normalized spacial score (nSPS) is 10.8. The van der Waals surface area contributed by atoms with Gasteiger partial charge in [0.15, 0.2) is 4.34 Å². The summed E-state index contributed by atoms with van der Waals surface area (Å²) >= 11 is 14.5. The fourth-order valence-electron chi connectivity index (χ4n) is 1.04. The van der Waals surface area contributed by atoms with Crippen molar-refractivity contribution < 1.29 is 0 Å². The van der Waals surface area contributed by atoms with Crippen LogP contribution in [0.2, 0.25) is 10.0 Å². The molecule has 8 heteroatoms. The molecule has 4 nitrogen and oxygen atoms in total. The van der Waals surface area contributed by atoms with Crippen LogP contribution in [-0.4, -0.2) is 14.3 Å². The molecule has 0 amide bonds. The van der Waals surface area contributed by atoms with E-state index in [1.807, 2.05) is 6.92 Å². The first-order valence-electron chi connectivity index (χ1n) is 4.72. The van der Waals surface area contributed by atoms with Gasteiger partial charge in [-0.3, -0.25) is 0 Å². The molecule has 0 bridgehead atoms. The molecule has 90 valence electrons. The number of pyridine rings is 1. The van der Waals surface area contributed by atoms with E-state index in [0.717, 1.165) is 16.6 Å². The van der Waals surface area contributed by atoms with Crippen molar-refractivity contribution in [1.82, 2.24) is 14.3 Å². The van der Waals surface area contributed by atoms with E-state index in [1.54, 1.807) is 6.07 Å². The van der Waals surface area contributed by atoms with Crippen molar-refractivity contribution in [3.63, 3.8) is 0 Å². The minimum atomic E-state index is 0.263. The first-order valence-corrected chi connectivity index (χ1v) is 7.06. The Morgan fingerprint density at radius 1 is 1.35 bits per heavy atom. The topological polar surface area (TPSA) is 64.7 Å². The third kappa shape index (κ3) is 3.01. The number of halogens is 2. The minimum Gasteiger partial charge on any atom is -0.382 e. The average molecular weight is 307 g/mol. The Labute approximate surface area is 117 Å². The van der Waals surface area contributed by atoms with Crippen LogP contribution in [-0.2, 0) is 6.42 Å². The molecule has 0 atom stereocenters. The lowest BCUT2D eigenvalue weighted by atomic mass is 10.5. The molecule has 0 aromatic carbocycles. The molecule has 0 aliphatic rings. The Kier molecular flexibility index (Phi) is 4.09. The zero-order chi connectivity index (χ0) is 12.4. The van der Waals surface area contributed by atoms with Gasteiger partial charge in [-0.2, -0.15) is 4.37 Å². The van der Waals surface area contributed by atoms with Gasteiger partial charge in [-0.25, -0.2) is 9.97 Å². The highest BCUT2D eigenvalue weighted by Gasteiger charge is 2.11. The Hall–Kier alpha value is -0.560. The average Bonchev–Trinajstić information content (AvgIpc) is 2.73. The van der Waals surface area contributed by atoms with Gasteiger partial charge in [0.05, 0.1) is 10.0 Å². The van der Waals surface area contributed by atoms with E-state index in [9.17, 15) is 0 Å². The first-order chi connectivity index (χ1) is 8.10. The molecular weight excluding hydrogens is 299 g/mol. The Morgan fingerprint density at radius 3 is 2.76 bits per heavy atom. The predicted octanol–water partition coefficient (Wildman–Crippen LogP) is 3.54. The van der Waals surface area contributed by atoms with Crippen LogP contribution in [0.3, 0.4) is 0 Å². The van der Waals surface area contributed by atoms with Gasteiger partial charge in [0, 0.05) is 6.42 Å². The lowest BCUT2D eigenvalue weighted by molar-refractivity contribution is 0.970. The Balaban J connectivity index is 2.26. The monoisotopic (exact) mass is 306 g/mol. The number of nitrogens with two attached hydrogens (primary N) is 1. The van der Waals surface area contributed by atoms with Gasteiger partial charge < -0.3 is 5.73 Å². The number of anilines is 1. The van der Waals surface area contributed by atoms with Crippen LogP contribution in [0.1, 0.15) is 12.7 Å². The zero-order valence-corrected chi connectivity index (χ0v) is 11.9. The third-order valence-corrected chi connectivity index (χ3v) is 4.37. The summed E-state index contributed by atoms with van der Waals surface area (Å²) in [6.07, 6.45) is 0.807. The van der Waals surface area contributed by atoms with Crippen molar-refractivity contribution in [1.29, 1.82) is 0 Å². The van der Waals surface area contributed by atoms with Gasteiger partial charge in [0.2, 0.25) is 0 Å². The number of nitrogen functional groups attached to an aromatic ring is 1. The summed E-state index contributed by atoms with van der Waals surface area (Å²) in [6.45, 7) is 2.00. The van der Waals surface area contributed by atoms with Crippen LogP contribution >= 0.6 is 46.5 Å². The molecule has 0 aliphatic heterocycles. The minimum absolute atomic E-state index is 0.263. The van der Waals surface area contributed by atoms with Gasteiger partial charge in [0.1, 0.15) is 16.7 Å². The molecule has 0 fully saturated rings. The SMILES string of the molecule is CCc1nsc(Sc2nc(N)c(Cl)cc2Cl)n1. The number of nitrogens with zero attached hydrogens (tertiary/aromatic N) is 3. The van der Waals surface area contributed by atoms with Gasteiger partial charge in [-0.1, -0.05) is 30.1 Å². The van der Waals surface area contributed by atoms with Crippen molar-refractivity contribution >= 4 is 52.3 Å². The maximum atomic E-state index is 6.03. The molecule has 2 rings (SSSR count). The van der Waals surface area contributed by atoms with E-state index < -0.39 is 0 Å². The zero-order valence-electron chi connectivity index (χ0n) is 8.78. The number of hydrogen-bond donors (Lipinski definition) is 1. The maximum absolute atomic E-state index is 6.03. The fourth-order valence-corrected chi connectivity index (χ4v) is 3.13. The molecule has 2 N–H and O–H groups in total. The molecule has 0 saturated heterocycles. The Morgan fingerprint density at radius 2 is 2.12 bits per heavy atom. The number of hydrogen-bond acceptors (Lipinski definition) is 6. The summed E-state index contributed by atoms with van der Waals surface area (Å²) in [5, 5.41) is 1.40. The van der Waals surface area contributed by atoms with Crippen LogP contribution < -0.4 is 5.73 Å². The lowest BCUT2D eigenvalue weighted by Gasteiger charge is -2.03. The predicted molar refractivity (Wildman–Crippen MR) is 72.1 cm³/mol. The molecule has 0 spiro atoms. The van der Waals surface area contributed by atoms with Crippen molar-refractivity contribution in [2.45, 2.75) is 22.7 Å². The molecule has 0 aliphatic carbocycles. The summed E-state index contributed by atoms with van der Waals surface area (Å²) in [7, 11) is 0. The second-order valence-electron chi connectivity index (χ2n) is 3.07. The van der Waals surface area contributed by atoms with Crippen molar-refractivity contribution in [2.75, 3.05) is 5.73 Å². The van der Waals surface area contributed by atoms with E-state index >= 15 is 0 Å². The van der Waals surface area contributed by atoms with Crippen LogP contribution in [0.5, 0.6) is 0 Å². The largest absolute Gasteiger partial charge is 0.382 e. The molecule has 2 aromatic rings. The van der Waals surface area contributed by atoms with E-state index in [-0.39, 0.29) is 5.82 Å². The highest BCUT2D eigenvalue weighted by atomic mass is 35.5. The van der Waals surface area contributed by atoms with E-state index in [1.165, 1.54) is 23.3 Å². The van der Waals surface area contributed by atoms with E-state index in [4.69, 9.17) is 28.9 Å². The standard InChI is InChI=1S/C9H8Cl2N4S2/c1-2-6-13-9(17-15-6)16-8-5(11)3-4(10)7(12)14-8/h3H,2H2,1H3,(H2,12,14). The van der Waals surface area contributed by atoms with Gasteiger partial charge in [0.25, 0.3) is 0 Å². The quantitative estimate of drug-likeness (QED) is 0.939. The van der Waals surface area contributed by atoms with E-state index in [0.29, 0.717) is 15.1 Å². The molecule has 0 radical (unpaired) electrons. The van der Waals surface area contributed by atoms with Crippen LogP contribution in [0.15, 0.2) is 15.4 Å². The molecule has 0 saturated carbocycles. The second-order valence-corrected chi connectivity index (χ2v) is 5.88. The summed E-state index contributed by atoms with van der Waals surface area (Å²) in [5.74, 6) is 1.08. The van der Waals surface area contributed by atoms with E-state index in [2.05, 4.69) is 14.3 Å².